The molecule has 1 atom stereocenters. The van der Waals surface area contributed by atoms with E-state index in [0.717, 1.165) is 56.5 Å². The second-order valence-electron chi connectivity index (χ2n) is 6.93. The van der Waals surface area contributed by atoms with Gasteiger partial charge in [-0.15, -0.1) is 10.2 Å². The molecular formula is C18H24ClN6O. The number of H-pyrrole nitrogens is 1. The minimum Gasteiger partial charge on any atom is -0.372 e. The van der Waals surface area contributed by atoms with Crippen molar-refractivity contribution in [2.75, 3.05) is 36.9 Å². The number of halogens is 1. The van der Waals surface area contributed by atoms with E-state index in [1.165, 1.54) is 5.56 Å². The van der Waals surface area contributed by atoms with Crippen molar-refractivity contribution < 1.29 is 4.74 Å². The van der Waals surface area contributed by atoms with Gasteiger partial charge in [-0.05, 0) is 37.0 Å². The maximum atomic E-state index is 6.01. The largest absolute Gasteiger partial charge is 0.372 e. The van der Waals surface area contributed by atoms with Crippen LogP contribution < -0.4 is 10.6 Å². The molecule has 1 radical (unpaired) electrons. The van der Waals surface area contributed by atoms with Gasteiger partial charge in [-0.3, -0.25) is 9.88 Å². The number of rotatable bonds is 4. The molecule has 0 spiro atoms. The van der Waals surface area contributed by atoms with Crippen LogP contribution in [0.1, 0.15) is 18.4 Å². The second-order valence-corrected chi connectivity index (χ2v) is 7.37. The van der Waals surface area contributed by atoms with E-state index in [0.29, 0.717) is 18.0 Å². The van der Waals surface area contributed by atoms with Gasteiger partial charge in [0.05, 0.1) is 13.2 Å². The van der Waals surface area contributed by atoms with Gasteiger partial charge in [0.15, 0.2) is 0 Å². The summed E-state index contributed by atoms with van der Waals surface area (Å²) in [6.07, 6.45) is 3.15. The highest BCUT2D eigenvalue weighted by atomic mass is 35.5. The Labute approximate surface area is 158 Å². The van der Waals surface area contributed by atoms with Crippen LogP contribution in [-0.2, 0) is 11.2 Å². The number of nitrogens with one attached hydrogen (secondary N) is 1. The van der Waals surface area contributed by atoms with Gasteiger partial charge in [-0.2, -0.15) is 0 Å². The fraction of sp³-hybridized carbons (Fsp3) is 0.500. The Morgan fingerprint density at radius 3 is 2.65 bits per heavy atom. The van der Waals surface area contributed by atoms with Gasteiger partial charge in [-0.1, -0.05) is 23.7 Å². The maximum Gasteiger partial charge on any atom is 0.226 e. The normalized spacial score (nSPS) is 22.7. The zero-order valence-electron chi connectivity index (χ0n) is 14.6. The van der Waals surface area contributed by atoms with Crippen LogP contribution in [0.4, 0.5) is 11.9 Å². The van der Waals surface area contributed by atoms with Crippen LogP contribution >= 0.6 is 11.6 Å². The minimum absolute atomic E-state index is 0.368. The lowest BCUT2D eigenvalue weighted by molar-refractivity contribution is 0.000559. The molecule has 2 aliphatic heterocycles. The molecule has 0 unspecified atom stereocenters. The van der Waals surface area contributed by atoms with Gasteiger partial charge in [0.25, 0.3) is 0 Å². The Balaban J connectivity index is 1.38. The molecular weight excluding hydrogens is 352 g/mol. The van der Waals surface area contributed by atoms with Crippen LogP contribution in [0.2, 0.25) is 5.02 Å². The van der Waals surface area contributed by atoms with Crippen molar-refractivity contribution in [2.24, 2.45) is 0 Å². The average Bonchev–Trinajstić information content (AvgIpc) is 3.11. The number of hydrogen-bond donors (Lipinski definition) is 2. The highest BCUT2D eigenvalue weighted by Crippen LogP contribution is 2.25. The van der Waals surface area contributed by atoms with Crippen molar-refractivity contribution in [2.45, 2.75) is 31.3 Å². The van der Waals surface area contributed by atoms with E-state index in [1.54, 1.807) is 0 Å². The third-order valence-corrected chi connectivity index (χ3v) is 5.52. The number of aromatic amines is 1. The summed E-state index contributed by atoms with van der Waals surface area (Å²) >= 11 is 6.01. The first-order valence-electron chi connectivity index (χ1n) is 9.05. The van der Waals surface area contributed by atoms with E-state index in [9.17, 15) is 0 Å². The molecule has 2 fully saturated rings. The Morgan fingerprint density at radius 1 is 1.19 bits per heavy atom. The number of aromatic nitrogens is 3. The summed E-state index contributed by atoms with van der Waals surface area (Å²) in [7, 11) is 0. The minimum atomic E-state index is 0.368. The maximum absolute atomic E-state index is 6.01. The molecule has 26 heavy (non-hydrogen) atoms. The van der Waals surface area contributed by atoms with E-state index >= 15 is 0 Å². The molecule has 1 aromatic heterocycles. The smallest absolute Gasteiger partial charge is 0.226 e. The second kappa shape index (κ2) is 7.82. The monoisotopic (exact) mass is 375 g/mol. The Bertz CT molecular complexity index is 713. The van der Waals surface area contributed by atoms with Gasteiger partial charge in [0.1, 0.15) is 0 Å². The summed E-state index contributed by atoms with van der Waals surface area (Å²) < 4.78 is 5.65. The lowest BCUT2D eigenvalue weighted by atomic mass is 9.97. The van der Waals surface area contributed by atoms with Crippen molar-refractivity contribution in [3.05, 3.63) is 41.5 Å². The molecule has 0 amide bonds. The van der Waals surface area contributed by atoms with Crippen molar-refractivity contribution in [1.29, 1.82) is 0 Å². The van der Waals surface area contributed by atoms with Gasteiger partial charge < -0.3 is 15.4 Å². The summed E-state index contributed by atoms with van der Waals surface area (Å²) in [5, 5.41) is 8.73. The third-order valence-electron chi connectivity index (χ3n) is 5.27. The predicted octanol–water partition coefficient (Wildman–Crippen LogP) is 2.11. The number of nitrogens with two attached hydrogens (primary N) is 1. The molecule has 2 aromatic rings. The standard InChI is InChI=1S/C18H24ClN6O/c19-14-3-1-13(2-4-14)11-16-12-26-10-9-25(16)15-5-7-24(8-6-15)18-21-17(20)22-23-18/h1-4,10,15-16H,5-9,11-12H2,(H3,20,21,22,23)/t16-/m0/s1. The van der Waals surface area contributed by atoms with Crippen LogP contribution in [0, 0.1) is 6.61 Å². The molecule has 7 nitrogen and oxygen atoms in total. The van der Waals surface area contributed by atoms with Crippen LogP contribution in [0.25, 0.3) is 0 Å². The summed E-state index contributed by atoms with van der Waals surface area (Å²) in [6.45, 7) is 5.44. The number of ether oxygens (including phenoxy) is 1. The molecule has 2 saturated heterocycles. The number of morpholine rings is 1. The van der Waals surface area contributed by atoms with Crippen molar-refractivity contribution in [3.63, 3.8) is 0 Å². The van der Waals surface area contributed by atoms with E-state index in [1.807, 2.05) is 18.7 Å². The van der Waals surface area contributed by atoms with Gasteiger partial charge in [0, 0.05) is 36.7 Å². The molecule has 0 bridgehead atoms. The molecule has 2 aliphatic rings. The molecule has 0 saturated carbocycles. The molecule has 4 rings (SSSR count). The lowest BCUT2D eigenvalue weighted by Gasteiger charge is -2.44. The van der Waals surface area contributed by atoms with Crippen LogP contribution in [0.5, 0.6) is 0 Å². The number of anilines is 2. The number of benzene rings is 1. The van der Waals surface area contributed by atoms with E-state index in [2.05, 4.69) is 37.1 Å². The van der Waals surface area contributed by atoms with E-state index < -0.39 is 0 Å². The zero-order valence-corrected chi connectivity index (χ0v) is 15.4. The predicted molar refractivity (Wildman–Crippen MR) is 102 cm³/mol. The quantitative estimate of drug-likeness (QED) is 0.851. The molecule has 139 valence electrons. The highest BCUT2D eigenvalue weighted by molar-refractivity contribution is 6.30. The summed E-state index contributed by atoms with van der Waals surface area (Å²) in [5.41, 5.74) is 6.94. The van der Waals surface area contributed by atoms with Crippen molar-refractivity contribution in [3.8, 4) is 0 Å². The lowest BCUT2D eigenvalue weighted by Crippen LogP contribution is -2.54. The third kappa shape index (κ3) is 3.95. The van der Waals surface area contributed by atoms with E-state index in [4.69, 9.17) is 22.1 Å². The summed E-state index contributed by atoms with van der Waals surface area (Å²) in [4.78, 5) is 7.82. The van der Waals surface area contributed by atoms with Gasteiger partial charge in [0.2, 0.25) is 11.9 Å². The highest BCUT2D eigenvalue weighted by Gasteiger charge is 2.32. The SMILES string of the molecule is Nc1nnc(N2CCC(N3C[CH]OC[C@@H]3Cc3ccc(Cl)cc3)CC2)[nH]1. The molecule has 8 heteroatoms. The van der Waals surface area contributed by atoms with Crippen molar-refractivity contribution in [1.82, 2.24) is 20.1 Å². The van der Waals surface area contributed by atoms with Crippen molar-refractivity contribution >= 4 is 23.5 Å². The van der Waals surface area contributed by atoms with Gasteiger partial charge >= 0.3 is 0 Å². The Hall–Kier alpha value is -1.83. The Morgan fingerprint density at radius 2 is 1.96 bits per heavy atom. The van der Waals surface area contributed by atoms with Crippen LogP contribution in [-0.4, -0.2) is 58.4 Å². The van der Waals surface area contributed by atoms with Crippen LogP contribution in [0.3, 0.4) is 0 Å². The molecule has 0 aliphatic carbocycles. The fourth-order valence-corrected chi connectivity index (χ4v) is 4.02. The fourth-order valence-electron chi connectivity index (χ4n) is 3.90. The topological polar surface area (TPSA) is 83.3 Å². The number of hydrogen-bond acceptors (Lipinski definition) is 6. The molecule has 1 aromatic carbocycles. The first kappa shape index (κ1) is 17.6. The summed E-state index contributed by atoms with van der Waals surface area (Å²) in [6, 6.07) is 9.06. The molecule has 3 N–H and O–H groups in total. The number of nitrogens with zero attached hydrogens (tertiary/aromatic N) is 4. The zero-order chi connectivity index (χ0) is 17.9. The van der Waals surface area contributed by atoms with Crippen LogP contribution in [0.15, 0.2) is 24.3 Å². The average molecular weight is 376 g/mol. The first-order valence-corrected chi connectivity index (χ1v) is 9.43. The number of nitrogen functional groups attached to an aromatic ring is 1. The van der Waals surface area contributed by atoms with Gasteiger partial charge in [-0.25, -0.2) is 0 Å². The number of piperidine rings is 1. The Kier molecular flexibility index (Phi) is 5.28. The molecule has 3 heterocycles. The first-order chi connectivity index (χ1) is 12.7. The summed E-state index contributed by atoms with van der Waals surface area (Å²) in [5.74, 6) is 1.14. The van der Waals surface area contributed by atoms with E-state index in [-0.39, 0.29) is 0 Å².